The van der Waals surface area contributed by atoms with Gasteiger partial charge in [0.2, 0.25) is 0 Å². The van der Waals surface area contributed by atoms with E-state index in [-0.39, 0.29) is 0 Å². The van der Waals surface area contributed by atoms with Gasteiger partial charge in [-0.1, -0.05) is 12.1 Å². The van der Waals surface area contributed by atoms with Crippen molar-refractivity contribution in [3.8, 4) is 11.5 Å². The molecule has 6 heteroatoms. The van der Waals surface area contributed by atoms with E-state index in [2.05, 4.69) is 0 Å². The largest absolute Gasteiger partial charge is 0.506 e. The first kappa shape index (κ1) is 11.7. The summed E-state index contributed by atoms with van der Waals surface area (Å²) in [6, 6.07) is 7.46. The smallest absolute Gasteiger partial charge is 0.298 e. The van der Waals surface area contributed by atoms with E-state index in [9.17, 15) is 13.5 Å². The van der Waals surface area contributed by atoms with Crippen LogP contribution in [0.4, 0.5) is 0 Å². The lowest BCUT2D eigenvalue weighted by molar-refractivity contribution is 0.419. The lowest BCUT2D eigenvalue weighted by Crippen LogP contribution is -1.98. The van der Waals surface area contributed by atoms with Crippen LogP contribution >= 0.6 is 0 Å². The Kier molecular flexibility index (Phi) is 2.68. The molecule has 2 aromatic rings. The third-order valence-electron chi connectivity index (χ3n) is 2.45. The lowest BCUT2D eigenvalue weighted by Gasteiger charge is -2.08. The fourth-order valence-electron chi connectivity index (χ4n) is 1.68. The Balaban J connectivity index is 2.87. The van der Waals surface area contributed by atoms with Crippen molar-refractivity contribution in [2.24, 2.45) is 0 Å². The molecule has 0 bridgehead atoms. The maximum atomic E-state index is 11.0. The highest BCUT2D eigenvalue weighted by Gasteiger charge is 2.18. The van der Waals surface area contributed by atoms with Crippen LogP contribution < -0.4 is 4.74 Å². The molecule has 0 saturated carbocycles. The minimum atomic E-state index is -4.44. The molecule has 0 aromatic heterocycles. The van der Waals surface area contributed by atoms with Crippen LogP contribution in [0, 0.1) is 0 Å². The number of hydrogen-bond acceptors (Lipinski definition) is 4. The van der Waals surface area contributed by atoms with Gasteiger partial charge in [0.1, 0.15) is 16.4 Å². The number of phenols is 1. The van der Waals surface area contributed by atoms with Gasteiger partial charge in [-0.25, -0.2) is 0 Å². The first-order valence-corrected chi connectivity index (χ1v) is 6.15. The minimum Gasteiger partial charge on any atom is -0.506 e. The number of phenolic OH excluding ortho intramolecular Hbond substituents is 1. The maximum Gasteiger partial charge on any atom is 0.298 e. The molecule has 0 atom stereocenters. The zero-order valence-electron chi connectivity index (χ0n) is 8.91. The molecule has 0 radical (unpaired) electrons. The molecular formula is C11H10O5S. The Hall–Kier alpha value is -1.79. The number of methoxy groups -OCH3 is 1. The number of fused-ring (bicyclic) bond motifs is 1. The Bertz CT molecular complexity index is 676. The molecule has 0 unspecified atom stereocenters. The van der Waals surface area contributed by atoms with Gasteiger partial charge in [0.25, 0.3) is 10.1 Å². The van der Waals surface area contributed by atoms with Gasteiger partial charge < -0.3 is 9.84 Å². The van der Waals surface area contributed by atoms with Crippen molar-refractivity contribution in [1.82, 2.24) is 0 Å². The van der Waals surface area contributed by atoms with E-state index in [1.54, 1.807) is 18.2 Å². The van der Waals surface area contributed by atoms with Gasteiger partial charge in [-0.2, -0.15) is 8.42 Å². The summed E-state index contributed by atoms with van der Waals surface area (Å²) >= 11 is 0. The van der Waals surface area contributed by atoms with Crippen molar-refractivity contribution >= 4 is 20.9 Å². The van der Waals surface area contributed by atoms with E-state index in [4.69, 9.17) is 9.29 Å². The van der Waals surface area contributed by atoms with Crippen molar-refractivity contribution in [3.05, 3.63) is 30.3 Å². The predicted molar refractivity (Wildman–Crippen MR) is 62.0 cm³/mol. The average molecular weight is 254 g/mol. The number of rotatable bonds is 2. The Morgan fingerprint density at radius 2 is 1.82 bits per heavy atom. The zero-order valence-corrected chi connectivity index (χ0v) is 9.73. The van der Waals surface area contributed by atoms with E-state index < -0.39 is 20.8 Å². The van der Waals surface area contributed by atoms with Crippen LogP contribution in [0.5, 0.6) is 11.5 Å². The summed E-state index contributed by atoms with van der Waals surface area (Å²) < 4.78 is 36.1. The Morgan fingerprint density at radius 3 is 2.41 bits per heavy atom. The lowest BCUT2D eigenvalue weighted by atomic mass is 10.1. The SMILES string of the molecule is COc1cccc2c(O)c(S(=O)(=O)O)ccc12. The highest BCUT2D eigenvalue weighted by atomic mass is 32.2. The normalized spacial score (nSPS) is 11.6. The molecular weight excluding hydrogens is 244 g/mol. The van der Waals surface area contributed by atoms with Crippen LogP contribution in [0.3, 0.4) is 0 Å². The third-order valence-corrected chi connectivity index (χ3v) is 3.34. The van der Waals surface area contributed by atoms with Gasteiger partial charge >= 0.3 is 0 Å². The van der Waals surface area contributed by atoms with Crippen LogP contribution in [0.2, 0.25) is 0 Å². The van der Waals surface area contributed by atoms with Crippen LogP contribution in [-0.2, 0) is 10.1 Å². The van der Waals surface area contributed by atoms with Crippen LogP contribution in [-0.4, -0.2) is 25.2 Å². The second-order valence-electron chi connectivity index (χ2n) is 3.44. The summed E-state index contributed by atoms with van der Waals surface area (Å²) in [4.78, 5) is -0.516. The highest BCUT2D eigenvalue weighted by Crippen LogP contribution is 2.35. The molecule has 0 fully saturated rings. The molecule has 17 heavy (non-hydrogen) atoms. The van der Waals surface area contributed by atoms with Gasteiger partial charge in [-0.3, -0.25) is 4.55 Å². The molecule has 2 rings (SSSR count). The van der Waals surface area contributed by atoms with Crippen molar-refractivity contribution in [2.75, 3.05) is 7.11 Å². The zero-order chi connectivity index (χ0) is 12.6. The molecule has 0 aliphatic rings. The minimum absolute atomic E-state index is 0.305. The quantitative estimate of drug-likeness (QED) is 0.798. The Labute approximate surface area is 98.0 Å². The number of ether oxygens (including phenoxy) is 1. The van der Waals surface area contributed by atoms with Gasteiger partial charge in [0, 0.05) is 10.8 Å². The van der Waals surface area contributed by atoms with Crippen molar-refractivity contribution in [3.63, 3.8) is 0 Å². The van der Waals surface area contributed by atoms with E-state index in [0.29, 0.717) is 16.5 Å². The summed E-state index contributed by atoms with van der Waals surface area (Å²) in [5.41, 5.74) is 0. The van der Waals surface area contributed by atoms with Crippen molar-refractivity contribution in [2.45, 2.75) is 4.90 Å². The first-order valence-electron chi connectivity index (χ1n) is 4.71. The van der Waals surface area contributed by atoms with E-state index in [0.717, 1.165) is 6.07 Å². The topological polar surface area (TPSA) is 83.8 Å². The average Bonchev–Trinajstić information content (AvgIpc) is 2.27. The number of hydrogen-bond donors (Lipinski definition) is 2. The van der Waals surface area contributed by atoms with Crippen molar-refractivity contribution < 1.29 is 22.8 Å². The summed E-state index contributed by atoms with van der Waals surface area (Å²) in [6.07, 6.45) is 0. The Morgan fingerprint density at radius 1 is 1.12 bits per heavy atom. The second-order valence-corrected chi connectivity index (χ2v) is 4.83. The highest BCUT2D eigenvalue weighted by molar-refractivity contribution is 7.86. The summed E-state index contributed by atoms with van der Waals surface area (Å²) in [7, 11) is -2.96. The summed E-state index contributed by atoms with van der Waals surface area (Å²) in [5, 5.41) is 10.7. The first-order chi connectivity index (χ1) is 7.95. The molecule has 0 saturated heterocycles. The molecule has 0 amide bonds. The van der Waals surface area contributed by atoms with E-state index >= 15 is 0 Å². The molecule has 2 N–H and O–H groups in total. The molecule has 90 valence electrons. The van der Waals surface area contributed by atoms with Gasteiger partial charge in [-0.15, -0.1) is 0 Å². The summed E-state index contributed by atoms with van der Waals surface area (Å²) in [6.45, 7) is 0. The fraction of sp³-hybridized carbons (Fsp3) is 0.0909. The monoisotopic (exact) mass is 254 g/mol. The third kappa shape index (κ3) is 1.92. The van der Waals surface area contributed by atoms with Crippen LogP contribution in [0.25, 0.3) is 10.8 Å². The van der Waals surface area contributed by atoms with Gasteiger partial charge in [0.05, 0.1) is 7.11 Å². The standard InChI is InChI=1S/C11H10O5S/c1-16-9-4-2-3-8-7(9)5-6-10(11(8)12)17(13,14)15/h2-6,12H,1H3,(H,13,14,15). The predicted octanol–water partition coefficient (Wildman–Crippen LogP) is 1.80. The maximum absolute atomic E-state index is 11.0. The molecule has 0 heterocycles. The van der Waals surface area contributed by atoms with E-state index in [1.165, 1.54) is 13.2 Å². The van der Waals surface area contributed by atoms with E-state index in [1.807, 2.05) is 0 Å². The van der Waals surface area contributed by atoms with Crippen molar-refractivity contribution in [1.29, 1.82) is 0 Å². The molecule has 2 aromatic carbocycles. The summed E-state index contributed by atoms with van der Waals surface area (Å²) in [5.74, 6) is 0.0311. The van der Waals surface area contributed by atoms with Crippen LogP contribution in [0.15, 0.2) is 35.2 Å². The molecule has 0 aliphatic carbocycles. The van der Waals surface area contributed by atoms with Crippen LogP contribution in [0.1, 0.15) is 0 Å². The van der Waals surface area contributed by atoms with Gasteiger partial charge in [-0.05, 0) is 18.2 Å². The number of benzene rings is 2. The second kappa shape index (κ2) is 3.90. The fourth-order valence-corrected chi connectivity index (χ4v) is 2.27. The molecule has 0 spiro atoms. The number of aromatic hydroxyl groups is 1. The molecule has 5 nitrogen and oxygen atoms in total. The molecule has 0 aliphatic heterocycles. The van der Waals surface area contributed by atoms with Gasteiger partial charge in [0.15, 0.2) is 0 Å².